The van der Waals surface area contributed by atoms with Crippen molar-refractivity contribution >= 4 is 60.3 Å². The maximum atomic E-state index is 14.3. The number of carbonyl (C=O) groups excluding carboxylic acids is 1. The summed E-state index contributed by atoms with van der Waals surface area (Å²) in [7, 11) is 0. The van der Waals surface area contributed by atoms with Gasteiger partial charge in [-0.15, -0.1) is 11.3 Å². The Bertz CT molecular complexity index is 1310. The molecular weight excluding hydrogens is 465 g/mol. The second-order valence-electron chi connectivity index (χ2n) is 6.06. The van der Waals surface area contributed by atoms with Crippen LogP contribution in [0.25, 0.3) is 32.5 Å². The van der Waals surface area contributed by atoms with Crippen molar-refractivity contribution in [3.8, 4) is 17.1 Å². The number of imidazole rings is 1. The normalized spacial score (nSPS) is 11.3. The molecule has 0 saturated carbocycles. The molecule has 0 saturated heterocycles. The predicted octanol–water partition coefficient (Wildman–Crippen LogP) is 4.54. The van der Waals surface area contributed by atoms with Crippen molar-refractivity contribution in [1.29, 1.82) is 0 Å². The monoisotopic (exact) mass is 477 g/mol. The number of carboxylic acids is 1. The van der Waals surface area contributed by atoms with Gasteiger partial charge in [-0.05, 0) is 31.2 Å². The first kappa shape index (κ1) is 19.3. The van der Waals surface area contributed by atoms with Crippen molar-refractivity contribution in [3.63, 3.8) is 0 Å². The molecule has 0 radical (unpaired) electrons. The van der Waals surface area contributed by atoms with Crippen molar-refractivity contribution in [1.82, 2.24) is 9.97 Å². The average molecular weight is 478 g/mol. The molecule has 148 valence electrons. The van der Waals surface area contributed by atoms with E-state index in [4.69, 9.17) is 10.5 Å². The van der Waals surface area contributed by atoms with Crippen molar-refractivity contribution in [2.24, 2.45) is 5.73 Å². The molecule has 2 aromatic heterocycles. The van der Waals surface area contributed by atoms with E-state index in [1.54, 1.807) is 13.0 Å². The van der Waals surface area contributed by atoms with Crippen LogP contribution in [0.3, 0.4) is 0 Å². The molecule has 1 amide bonds. The van der Waals surface area contributed by atoms with E-state index in [1.165, 1.54) is 18.2 Å². The topological polar surface area (TPSA) is 118 Å². The third-order valence-electron chi connectivity index (χ3n) is 4.34. The molecule has 2 aromatic carbocycles. The van der Waals surface area contributed by atoms with Crippen LogP contribution < -0.4 is 10.5 Å². The fraction of sp³-hybridized carbons (Fsp3) is 0.105. The number of halogens is 2. The van der Waals surface area contributed by atoms with Crippen LogP contribution in [0.5, 0.6) is 5.75 Å². The summed E-state index contributed by atoms with van der Waals surface area (Å²) in [5, 5.41) is 10.1. The van der Waals surface area contributed by atoms with E-state index in [1.807, 2.05) is 0 Å². The number of H-pyrrole nitrogens is 1. The number of aromatic nitrogens is 2. The molecule has 4 rings (SSSR count). The molecule has 0 spiro atoms. The number of amides is 1. The van der Waals surface area contributed by atoms with Crippen LogP contribution in [0.4, 0.5) is 4.39 Å². The van der Waals surface area contributed by atoms with Gasteiger partial charge in [0.1, 0.15) is 22.0 Å². The number of fused-ring (bicyclic) bond motifs is 2. The number of carbonyl (C=O) groups is 2. The Morgan fingerprint density at radius 1 is 1.34 bits per heavy atom. The van der Waals surface area contributed by atoms with Crippen LogP contribution in [0.15, 0.2) is 28.7 Å². The first-order valence-electron chi connectivity index (χ1n) is 8.43. The third kappa shape index (κ3) is 3.04. The lowest BCUT2D eigenvalue weighted by molar-refractivity contribution is 0.0702. The minimum Gasteiger partial charge on any atom is -0.491 e. The van der Waals surface area contributed by atoms with Gasteiger partial charge in [0.25, 0.3) is 5.91 Å². The van der Waals surface area contributed by atoms with Gasteiger partial charge in [0.2, 0.25) is 0 Å². The molecule has 0 fully saturated rings. The molecule has 0 bridgehead atoms. The van der Waals surface area contributed by atoms with Gasteiger partial charge in [0, 0.05) is 9.86 Å². The van der Waals surface area contributed by atoms with Crippen LogP contribution in [0, 0.1) is 5.82 Å². The minimum atomic E-state index is -1.20. The summed E-state index contributed by atoms with van der Waals surface area (Å²) in [6.07, 6.45) is 0. The molecule has 7 nitrogen and oxygen atoms in total. The van der Waals surface area contributed by atoms with Crippen LogP contribution >= 0.6 is 27.3 Å². The van der Waals surface area contributed by atoms with Crippen molar-refractivity contribution in [3.05, 3.63) is 45.0 Å². The second-order valence-corrected chi connectivity index (χ2v) is 7.94. The van der Waals surface area contributed by atoms with Gasteiger partial charge in [-0.2, -0.15) is 0 Å². The lowest BCUT2D eigenvalue weighted by Crippen LogP contribution is -2.13. The first-order valence-corrected chi connectivity index (χ1v) is 10.0. The van der Waals surface area contributed by atoms with Gasteiger partial charge in [-0.1, -0.05) is 15.9 Å². The molecule has 0 atom stereocenters. The van der Waals surface area contributed by atoms with E-state index < -0.39 is 17.7 Å². The lowest BCUT2D eigenvalue weighted by Gasteiger charge is -2.08. The zero-order valence-corrected chi connectivity index (χ0v) is 17.3. The summed E-state index contributed by atoms with van der Waals surface area (Å²) < 4.78 is 20.7. The summed E-state index contributed by atoms with van der Waals surface area (Å²) in [5.74, 6) is -1.93. The Balaban J connectivity index is 2.08. The Morgan fingerprint density at radius 3 is 2.76 bits per heavy atom. The van der Waals surface area contributed by atoms with Crippen molar-refractivity contribution in [2.45, 2.75) is 6.92 Å². The standard InChI is InChI=1S/C19H13BrFN3O4S/c1-2-28-14-7(17(22)25)3-6-10-13(14)24-18(23-10)12-11-8(20)4-5-9(21)15(11)29-16(12)19(26)27/h3-6H,2H2,1H3,(H2,22,25)(H,23,24)(H,26,27). The molecule has 0 aliphatic heterocycles. The molecule has 10 heteroatoms. The molecule has 2 heterocycles. The van der Waals surface area contributed by atoms with Gasteiger partial charge in [0.15, 0.2) is 5.75 Å². The zero-order valence-electron chi connectivity index (χ0n) is 14.9. The summed E-state index contributed by atoms with van der Waals surface area (Å²) in [6, 6.07) is 5.87. The number of rotatable bonds is 5. The minimum absolute atomic E-state index is 0.0575. The number of ether oxygens (including phenoxy) is 1. The second kappa shape index (κ2) is 7.12. The van der Waals surface area contributed by atoms with Gasteiger partial charge in [-0.3, -0.25) is 4.79 Å². The van der Waals surface area contributed by atoms with E-state index in [0.29, 0.717) is 20.9 Å². The van der Waals surface area contributed by atoms with Gasteiger partial charge in [-0.25, -0.2) is 14.2 Å². The van der Waals surface area contributed by atoms with Gasteiger partial charge < -0.3 is 20.6 Å². The Morgan fingerprint density at radius 2 is 2.10 bits per heavy atom. The van der Waals surface area contributed by atoms with Crippen LogP contribution in [0.1, 0.15) is 27.0 Å². The largest absolute Gasteiger partial charge is 0.491 e. The number of aromatic amines is 1. The number of thiophene rings is 1. The quantitative estimate of drug-likeness (QED) is 0.389. The highest BCUT2D eigenvalue weighted by Gasteiger charge is 2.26. The number of aromatic carboxylic acids is 1. The predicted molar refractivity (Wildman–Crippen MR) is 111 cm³/mol. The van der Waals surface area contributed by atoms with Crippen LogP contribution in [-0.4, -0.2) is 33.6 Å². The van der Waals surface area contributed by atoms with E-state index in [0.717, 1.165) is 11.3 Å². The number of benzene rings is 2. The number of nitrogens with one attached hydrogen (secondary N) is 1. The van der Waals surface area contributed by atoms with Gasteiger partial charge >= 0.3 is 5.97 Å². The van der Waals surface area contributed by atoms with Crippen LogP contribution in [0.2, 0.25) is 0 Å². The molecule has 29 heavy (non-hydrogen) atoms. The molecule has 0 unspecified atom stereocenters. The fourth-order valence-corrected chi connectivity index (χ4v) is 4.90. The number of carboxylic acid groups (broad SMARTS) is 1. The number of hydrogen-bond donors (Lipinski definition) is 3. The zero-order chi connectivity index (χ0) is 20.9. The maximum Gasteiger partial charge on any atom is 0.346 e. The molecule has 4 N–H and O–H groups in total. The smallest absolute Gasteiger partial charge is 0.346 e. The molecule has 4 aromatic rings. The maximum absolute atomic E-state index is 14.3. The number of nitrogens with zero attached hydrogens (tertiary/aromatic N) is 1. The molecular formula is C19H13BrFN3O4S. The molecule has 0 aliphatic carbocycles. The number of hydrogen-bond acceptors (Lipinski definition) is 5. The highest BCUT2D eigenvalue weighted by atomic mass is 79.9. The highest BCUT2D eigenvalue weighted by Crippen LogP contribution is 2.43. The Kier molecular flexibility index (Phi) is 4.75. The summed E-state index contributed by atoms with van der Waals surface area (Å²) in [5.41, 5.74) is 6.72. The highest BCUT2D eigenvalue weighted by molar-refractivity contribution is 9.10. The average Bonchev–Trinajstić information content (AvgIpc) is 3.27. The van der Waals surface area contributed by atoms with E-state index in [-0.39, 0.29) is 38.9 Å². The summed E-state index contributed by atoms with van der Waals surface area (Å²) in [6.45, 7) is 2.04. The Labute approximate surface area is 175 Å². The van der Waals surface area contributed by atoms with E-state index in [9.17, 15) is 19.1 Å². The van der Waals surface area contributed by atoms with E-state index in [2.05, 4.69) is 25.9 Å². The Hall–Kier alpha value is -2.98. The summed E-state index contributed by atoms with van der Waals surface area (Å²) >= 11 is 4.21. The number of nitrogens with two attached hydrogens (primary N) is 1. The SMILES string of the molecule is CCOc1c(C(N)=O)ccc2nc(-c3c(C(=O)O)sc4c(F)ccc(Br)c34)[nH]c12. The summed E-state index contributed by atoms with van der Waals surface area (Å²) in [4.78, 5) is 31.1. The van der Waals surface area contributed by atoms with E-state index >= 15 is 0 Å². The van der Waals surface area contributed by atoms with Crippen LogP contribution in [-0.2, 0) is 0 Å². The number of primary amides is 1. The van der Waals surface area contributed by atoms with Crippen molar-refractivity contribution in [2.75, 3.05) is 6.61 Å². The van der Waals surface area contributed by atoms with Gasteiger partial charge in [0.05, 0.1) is 28.0 Å². The molecule has 0 aliphatic rings. The lowest BCUT2D eigenvalue weighted by atomic mass is 10.1. The van der Waals surface area contributed by atoms with Crippen molar-refractivity contribution < 1.29 is 23.8 Å². The first-order chi connectivity index (χ1) is 13.8. The third-order valence-corrected chi connectivity index (χ3v) is 6.18. The fourth-order valence-electron chi connectivity index (χ4n) is 3.17.